The summed E-state index contributed by atoms with van der Waals surface area (Å²) in [6.45, 7) is 4.08. The van der Waals surface area contributed by atoms with E-state index >= 15 is 0 Å². The molecule has 1 heterocycles. The summed E-state index contributed by atoms with van der Waals surface area (Å²) in [6, 6.07) is 11.9. The minimum absolute atomic E-state index is 0.296. The third-order valence-corrected chi connectivity index (χ3v) is 3.83. The molecule has 1 aromatic heterocycles. The van der Waals surface area contributed by atoms with Crippen LogP contribution >= 0.6 is 0 Å². The van der Waals surface area contributed by atoms with Gasteiger partial charge in [0, 0.05) is 23.5 Å². The highest BCUT2D eigenvalue weighted by molar-refractivity contribution is 6.13. The topological polar surface area (TPSA) is 71.5 Å². The highest BCUT2D eigenvalue weighted by Gasteiger charge is 2.18. The Kier molecular flexibility index (Phi) is 4.62. The largest absolute Gasteiger partial charge is 0.462 e. The quantitative estimate of drug-likeness (QED) is 0.556. The Morgan fingerprint density at radius 1 is 1.25 bits per heavy atom. The Morgan fingerprint density at radius 2 is 2.04 bits per heavy atom. The lowest BCUT2D eigenvalue weighted by atomic mass is 10.0. The van der Waals surface area contributed by atoms with Crippen molar-refractivity contribution in [2.24, 2.45) is 0 Å². The van der Waals surface area contributed by atoms with Gasteiger partial charge in [0.25, 0.3) is 0 Å². The number of hydrogen-bond donors (Lipinski definition) is 2. The van der Waals surface area contributed by atoms with Gasteiger partial charge in [-0.1, -0.05) is 36.4 Å². The van der Waals surface area contributed by atoms with Crippen LogP contribution in [0.1, 0.15) is 24.2 Å². The molecule has 0 spiro atoms. The van der Waals surface area contributed by atoms with Crippen LogP contribution in [0, 0.1) is 0 Å². The molecular formula is C19H20N2O3. The van der Waals surface area contributed by atoms with E-state index in [-0.39, 0.29) is 0 Å². The molecule has 0 aliphatic heterocycles. The van der Waals surface area contributed by atoms with Crippen molar-refractivity contribution in [2.75, 3.05) is 18.5 Å². The van der Waals surface area contributed by atoms with Gasteiger partial charge in [-0.15, -0.1) is 0 Å². The van der Waals surface area contributed by atoms with E-state index in [1.807, 2.05) is 36.4 Å². The molecule has 2 N–H and O–H groups in total. The predicted octanol–water partition coefficient (Wildman–Crippen LogP) is 3.36. The number of ether oxygens (including phenoxy) is 1. The lowest BCUT2D eigenvalue weighted by Gasteiger charge is -2.16. The first kappa shape index (κ1) is 16.2. The molecule has 24 heavy (non-hydrogen) atoms. The SMILES string of the molecule is CCOC(=O)c1cnc2c(ccc3ccccc32)c1NCC(C)O. The maximum atomic E-state index is 12.3. The number of anilines is 1. The second-order valence-corrected chi connectivity index (χ2v) is 5.68. The van der Waals surface area contributed by atoms with Gasteiger partial charge < -0.3 is 15.2 Å². The van der Waals surface area contributed by atoms with E-state index < -0.39 is 12.1 Å². The van der Waals surface area contributed by atoms with Gasteiger partial charge >= 0.3 is 5.97 Å². The molecule has 0 fully saturated rings. The fourth-order valence-electron chi connectivity index (χ4n) is 2.74. The number of pyridine rings is 1. The molecule has 1 atom stereocenters. The van der Waals surface area contributed by atoms with Crippen molar-refractivity contribution < 1.29 is 14.6 Å². The number of fused-ring (bicyclic) bond motifs is 3. The Bertz CT molecular complexity index is 890. The molecule has 5 nitrogen and oxygen atoms in total. The van der Waals surface area contributed by atoms with Gasteiger partial charge in [0.1, 0.15) is 5.56 Å². The van der Waals surface area contributed by atoms with Crippen molar-refractivity contribution in [2.45, 2.75) is 20.0 Å². The predicted molar refractivity (Wildman–Crippen MR) is 95.4 cm³/mol. The molecule has 3 aromatic rings. The Balaban J connectivity index is 2.22. The van der Waals surface area contributed by atoms with Gasteiger partial charge in [-0.05, 0) is 19.2 Å². The van der Waals surface area contributed by atoms with E-state index in [0.717, 1.165) is 21.7 Å². The fraction of sp³-hybridized carbons (Fsp3) is 0.263. The number of carbonyl (C=O) groups is 1. The number of aromatic nitrogens is 1. The molecule has 0 saturated heterocycles. The molecule has 3 rings (SSSR count). The first-order chi connectivity index (χ1) is 11.6. The molecule has 0 aliphatic carbocycles. The molecule has 0 saturated carbocycles. The first-order valence-electron chi connectivity index (χ1n) is 8.01. The van der Waals surface area contributed by atoms with Crippen LogP contribution < -0.4 is 5.32 Å². The van der Waals surface area contributed by atoms with E-state index in [0.29, 0.717) is 24.4 Å². The summed E-state index contributed by atoms with van der Waals surface area (Å²) in [7, 11) is 0. The maximum Gasteiger partial charge on any atom is 0.341 e. The number of rotatable bonds is 5. The highest BCUT2D eigenvalue weighted by atomic mass is 16.5. The summed E-state index contributed by atoms with van der Waals surface area (Å²) in [4.78, 5) is 16.7. The van der Waals surface area contributed by atoms with Crippen molar-refractivity contribution in [3.05, 3.63) is 48.2 Å². The molecular weight excluding hydrogens is 304 g/mol. The Morgan fingerprint density at radius 3 is 2.79 bits per heavy atom. The third kappa shape index (κ3) is 3.03. The number of carbonyl (C=O) groups excluding carboxylic acids is 1. The zero-order valence-corrected chi connectivity index (χ0v) is 13.7. The standard InChI is InChI=1S/C19H20N2O3/c1-3-24-19(23)16-11-21-17-14-7-5-4-6-13(14)8-9-15(17)18(16)20-10-12(2)22/h4-9,11-12,22H,3,10H2,1-2H3,(H,20,21). The molecule has 0 bridgehead atoms. The number of esters is 1. The number of nitrogens with zero attached hydrogens (tertiary/aromatic N) is 1. The lowest BCUT2D eigenvalue weighted by molar-refractivity contribution is 0.0527. The van der Waals surface area contributed by atoms with E-state index in [4.69, 9.17) is 4.74 Å². The second-order valence-electron chi connectivity index (χ2n) is 5.68. The van der Waals surface area contributed by atoms with Crippen LogP contribution in [-0.4, -0.2) is 35.3 Å². The molecule has 0 radical (unpaired) electrons. The van der Waals surface area contributed by atoms with Crippen LogP contribution in [0.2, 0.25) is 0 Å². The third-order valence-electron chi connectivity index (χ3n) is 3.83. The van der Waals surface area contributed by atoms with Gasteiger partial charge in [-0.2, -0.15) is 0 Å². The average Bonchev–Trinajstić information content (AvgIpc) is 2.59. The summed E-state index contributed by atoms with van der Waals surface area (Å²) < 4.78 is 5.13. The van der Waals surface area contributed by atoms with Crippen LogP contribution in [0.15, 0.2) is 42.6 Å². The Labute approximate surface area is 140 Å². The number of nitrogens with one attached hydrogen (secondary N) is 1. The second kappa shape index (κ2) is 6.84. The van der Waals surface area contributed by atoms with Crippen molar-refractivity contribution >= 4 is 33.3 Å². The first-order valence-corrected chi connectivity index (χ1v) is 8.01. The molecule has 0 amide bonds. The van der Waals surface area contributed by atoms with Gasteiger partial charge in [0.05, 0.1) is 23.9 Å². The van der Waals surface area contributed by atoms with Crippen molar-refractivity contribution in [1.29, 1.82) is 0 Å². The van der Waals surface area contributed by atoms with Crippen molar-refractivity contribution in [3.8, 4) is 0 Å². The molecule has 124 valence electrons. The summed E-state index contributed by atoms with van der Waals surface area (Å²) >= 11 is 0. The summed E-state index contributed by atoms with van der Waals surface area (Å²) in [5.74, 6) is -0.423. The lowest BCUT2D eigenvalue weighted by Crippen LogP contribution is -2.18. The normalized spacial score (nSPS) is 12.3. The zero-order chi connectivity index (χ0) is 17.1. The average molecular weight is 324 g/mol. The van der Waals surface area contributed by atoms with Gasteiger partial charge in [-0.25, -0.2) is 4.79 Å². The molecule has 2 aromatic carbocycles. The van der Waals surface area contributed by atoms with Crippen LogP contribution in [0.5, 0.6) is 0 Å². The minimum Gasteiger partial charge on any atom is -0.462 e. The summed E-state index contributed by atoms with van der Waals surface area (Å²) in [6.07, 6.45) is 1.00. The Hall–Kier alpha value is -2.66. The fourth-order valence-corrected chi connectivity index (χ4v) is 2.74. The van der Waals surface area contributed by atoms with Crippen molar-refractivity contribution in [1.82, 2.24) is 4.98 Å². The van der Waals surface area contributed by atoms with Crippen LogP contribution in [0.25, 0.3) is 21.7 Å². The number of hydrogen-bond acceptors (Lipinski definition) is 5. The van der Waals surface area contributed by atoms with Crippen LogP contribution in [-0.2, 0) is 4.74 Å². The molecule has 0 aliphatic rings. The van der Waals surface area contributed by atoms with E-state index in [1.165, 1.54) is 6.20 Å². The maximum absolute atomic E-state index is 12.3. The van der Waals surface area contributed by atoms with Crippen LogP contribution in [0.4, 0.5) is 5.69 Å². The summed E-state index contributed by atoms with van der Waals surface area (Å²) in [5, 5.41) is 15.7. The molecule has 1 unspecified atom stereocenters. The smallest absolute Gasteiger partial charge is 0.341 e. The zero-order valence-electron chi connectivity index (χ0n) is 13.7. The van der Waals surface area contributed by atoms with E-state index in [1.54, 1.807) is 13.8 Å². The number of benzene rings is 2. The summed E-state index contributed by atoms with van der Waals surface area (Å²) in [5.41, 5.74) is 1.83. The molecule has 5 heteroatoms. The number of aliphatic hydroxyl groups excluding tert-OH is 1. The van der Waals surface area contributed by atoms with Gasteiger partial charge in [0.2, 0.25) is 0 Å². The number of aliphatic hydroxyl groups is 1. The van der Waals surface area contributed by atoms with Crippen molar-refractivity contribution in [3.63, 3.8) is 0 Å². The van der Waals surface area contributed by atoms with E-state index in [2.05, 4.69) is 10.3 Å². The van der Waals surface area contributed by atoms with Crippen LogP contribution in [0.3, 0.4) is 0 Å². The van der Waals surface area contributed by atoms with Gasteiger partial charge in [-0.3, -0.25) is 4.98 Å². The monoisotopic (exact) mass is 324 g/mol. The highest BCUT2D eigenvalue weighted by Crippen LogP contribution is 2.31. The van der Waals surface area contributed by atoms with E-state index in [9.17, 15) is 9.90 Å². The van der Waals surface area contributed by atoms with Gasteiger partial charge in [0.15, 0.2) is 0 Å². The minimum atomic E-state index is -0.538.